The van der Waals surface area contributed by atoms with Gasteiger partial charge in [0.05, 0.1) is 6.20 Å². The Hall–Kier alpha value is -2.63. The molecule has 20 heavy (non-hydrogen) atoms. The first-order valence-corrected chi connectivity index (χ1v) is 6.51. The molecule has 0 saturated heterocycles. The highest BCUT2D eigenvalue weighted by molar-refractivity contribution is 5.65. The Kier molecular flexibility index (Phi) is 3.20. The largest absolute Gasteiger partial charge is 0.399 e. The molecule has 1 aromatic carbocycles. The molecule has 0 saturated carbocycles. The third-order valence-electron chi connectivity index (χ3n) is 3.15. The van der Waals surface area contributed by atoms with Crippen LogP contribution in [0.3, 0.4) is 0 Å². The number of aryl methyl sites for hydroxylation is 1. The van der Waals surface area contributed by atoms with E-state index in [1.165, 1.54) is 0 Å². The van der Waals surface area contributed by atoms with Crippen molar-refractivity contribution in [2.24, 2.45) is 0 Å². The lowest BCUT2D eigenvalue weighted by atomic mass is 10.1. The highest BCUT2D eigenvalue weighted by Crippen LogP contribution is 2.20. The van der Waals surface area contributed by atoms with Gasteiger partial charge in [-0.1, -0.05) is 12.1 Å². The number of aromatic nitrogens is 5. The van der Waals surface area contributed by atoms with E-state index in [-0.39, 0.29) is 0 Å². The Morgan fingerprint density at radius 3 is 2.90 bits per heavy atom. The number of rotatable bonds is 4. The lowest BCUT2D eigenvalue weighted by Gasteiger charge is -2.02. The molecular weight excluding hydrogens is 252 g/mol. The smallest absolute Gasteiger partial charge is 0.148 e. The van der Waals surface area contributed by atoms with Gasteiger partial charge < -0.3 is 5.73 Å². The number of nitrogens with two attached hydrogens (primary N) is 1. The lowest BCUT2D eigenvalue weighted by Crippen LogP contribution is -2.09. The molecule has 0 aliphatic rings. The van der Waals surface area contributed by atoms with Gasteiger partial charge in [-0.3, -0.25) is 4.68 Å². The average Bonchev–Trinajstić information content (AvgIpc) is 3.08. The van der Waals surface area contributed by atoms with Crippen molar-refractivity contribution in [1.82, 2.24) is 24.5 Å². The maximum absolute atomic E-state index is 5.80. The Morgan fingerprint density at radius 2 is 2.10 bits per heavy atom. The monoisotopic (exact) mass is 268 g/mol. The van der Waals surface area contributed by atoms with Gasteiger partial charge in [-0.15, -0.1) is 0 Å². The van der Waals surface area contributed by atoms with E-state index in [2.05, 4.69) is 15.2 Å². The molecule has 6 heteroatoms. The molecule has 0 radical (unpaired) electrons. The first-order valence-electron chi connectivity index (χ1n) is 6.51. The molecule has 0 spiro atoms. The normalized spacial score (nSPS) is 10.8. The van der Waals surface area contributed by atoms with Gasteiger partial charge in [-0.2, -0.15) is 10.2 Å². The van der Waals surface area contributed by atoms with E-state index in [1.54, 1.807) is 6.33 Å². The zero-order chi connectivity index (χ0) is 13.9. The van der Waals surface area contributed by atoms with Crippen LogP contribution in [0.15, 0.2) is 43.0 Å². The van der Waals surface area contributed by atoms with Crippen molar-refractivity contribution in [3.63, 3.8) is 0 Å². The van der Waals surface area contributed by atoms with Crippen molar-refractivity contribution in [3.8, 4) is 11.1 Å². The quantitative estimate of drug-likeness (QED) is 0.732. The van der Waals surface area contributed by atoms with Crippen LogP contribution in [0.1, 0.15) is 12.7 Å². The number of hydrogen-bond donors (Lipinski definition) is 1. The van der Waals surface area contributed by atoms with Crippen LogP contribution in [-0.2, 0) is 13.1 Å². The fraction of sp³-hybridized carbons (Fsp3) is 0.214. The Labute approximate surface area is 116 Å². The lowest BCUT2D eigenvalue weighted by molar-refractivity contribution is 0.568. The highest BCUT2D eigenvalue weighted by Gasteiger charge is 2.06. The summed E-state index contributed by atoms with van der Waals surface area (Å²) in [6, 6.07) is 7.77. The summed E-state index contributed by atoms with van der Waals surface area (Å²) < 4.78 is 3.72. The second-order valence-corrected chi connectivity index (χ2v) is 4.54. The van der Waals surface area contributed by atoms with Crippen LogP contribution >= 0.6 is 0 Å². The standard InChI is InChI=1S/C14H16N6/c1-2-20-14(16-10-18-20)9-19-8-12(7-17-19)11-4-3-5-13(15)6-11/h3-8,10H,2,9,15H2,1H3. The van der Waals surface area contributed by atoms with Crippen molar-refractivity contribution in [3.05, 3.63) is 48.8 Å². The molecule has 0 unspecified atom stereocenters. The molecule has 2 aromatic heterocycles. The maximum atomic E-state index is 5.80. The molecule has 102 valence electrons. The molecule has 0 aliphatic carbocycles. The summed E-state index contributed by atoms with van der Waals surface area (Å²) >= 11 is 0. The molecule has 3 rings (SSSR count). The fourth-order valence-electron chi connectivity index (χ4n) is 2.14. The van der Waals surface area contributed by atoms with E-state index < -0.39 is 0 Å². The maximum Gasteiger partial charge on any atom is 0.148 e. The van der Waals surface area contributed by atoms with Crippen LogP contribution in [0, 0.1) is 0 Å². The predicted molar refractivity (Wildman–Crippen MR) is 76.9 cm³/mol. The summed E-state index contributed by atoms with van der Waals surface area (Å²) in [5, 5.41) is 8.52. The predicted octanol–water partition coefficient (Wildman–Crippen LogP) is 1.79. The number of anilines is 1. The zero-order valence-electron chi connectivity index (χ0n) is 11.3. The number of hydrogen-bond acceptors (Lipinski definition) is 4. The molecule has 0 fully saturated rings. The van der Waals surface area contributed by atoms with Crippen molar-refractivity contribution in [1.29, 1.82) is 0 Å². The Morgan fingerprint density at radius 1 is 1.20 bits per heavy atom. The van der Waals surface area contributed by atoms with E-state index in [0.29, 0.717) is 6.54 Å². The van der Waals surface area contributed by atoms with E-state index in [0.717, 1.165) is 29.2 Å². The summed E-state index contributed by atoms with van der Waals surface area (Å²) in [7, 11) is 0. The Balaban J connectivity index is 1.84. The van der Waals surface area contributed by atoms with Gasteiger partial charge in [-0.25, -0.2) is 9.67 Å². The first-order chi connectivity index (χ1) is 9.76. The van der Waals surface area contributed by atoms with Crippen molar-refractivity contribution in [2.45, 2.75) is 20.0 Å². The van der Waals surface area contributed by atoms with Crippen LogP contribution in [0.4, 0.5) is 5.69 Å². The van der Waals surface area contributed by atoms with Crippen molar-refractivity contribution < 1.29 is 0 Å². The van der Waals surface area contributed by atoms with Gasteiger partial charge in [-0.05, 0) is 24.6 Å². The molecule has 0 amide bonds. The third kappa shape index (κ3) is 2.40. The summed E-state index contributed by atoms with van der Waals surface area (Å²) in [6.07, 6.45) is 5.39. The summed E-state index contributed by atoms with van der Waals surface area (Å²) in [5.41, 5.74) is 8.66. The summed E-state index contributed by atoms with van der Waals surface area (Å²) in [4.78, 5) is 4.25. The highest BCUT2D eigenvalue weighted by atomic mass is 15.4. The van der Waals surface area contributed by atoms with Crippen LogP contribution < -0.4 is 5.73 Å². The summed E-state index contributed by atoms with van der Waals surface area (Å²) in [6.45, 7) is 3.45. The average molecular weight is 268 g/mol. The van der Waals surface area contributed by atoms with Crippen LogP contribution in [0.2, 0.25) is 0 Å². The van der Waals surface area contributed by atoms with Gasteiger partial charge in [0.1, 0.15) is 18.7 Å². The zero-order valence-corrected chi connectivity index (χ0v) is 11.3. The van der Waals surface area contributed by atoms with Gasteiger partial charge in [0.15, 0.2) is 0 Å². The van der Waals surface area contributed by atoms with Crippen molar-refractivity contribution in [2.75, 3.05) is 5.73 Å². The topological polar surface area (TPSA) is 74.5 Å². The molecule has 6 nitrogen and oxygen atoms in total. The minimum atomic E-state index is 0.607. The van der Waals surface area contributed by atoms with Gasteiger partial charge in [0, 0.05) is 24.0 Å². The minimum Gasteiger partial charge on any atom is -0.399 e. The molecule has 0 bridgehead atoms. The SMILES string of the molecule is CCn1ncnc1Cn1cc(-c2cccc(N)c2)cn1. The summed E-state index contributed by atoms with van der Waals surface area (Å²) in [5.74, 6) is 0.898. The molecule has 2 heterocycles. The van der Waals surface area contributed by atoms with Crippen LogP contribution in [0.25, 0.3) is 11.1 Å². The third-order valence-corrected chi connectivity index (χ3v) is 3.15. The fourth-order valence-corrected chi connectivity index (χ4v) is 2.14. The van der Waals surface area contributed by atoms with E-state index >= 15 is 0 Å². The first kappa shape index (κ1) is 12.4. The van der Waals surface area contributed by atoms with Crippen LogP contribution in [0.5, 0.6) is 0 Å². The van der Waals surface area contributed by atoms with E-state index in [9.17, 15) is 0 Å². The number of nitrogen functional groups attached to an aromatic ring is 1. The second kappa shape index (κ2) is 5.16. The number of benzene rings is 1. The number of nitrogens with zero attached hydrogens (tertiary/aromatic N) is 5. The Bertz CT molecular complexity index is 712. The molecule has 0 aliphatic heterocycles. The minimum absolute atomic E-state index is 0.607. The van der Waals surface area contributed by atoms with Gasteiger partial charge in [0.25, 0.3) is 0 Å². The van der Waals surface area contributed by atoms with E-state index in [1.807, 2.05) is 52.9 Å². The van der Waals surface area contributed by atoms with E-state index in [4.69, 9.17) is 5.73 Å². The molecule has 0 atom stereocenters. The molecule has 3 aromatic rings. The second-order valence-electron chi connectivity index (χ2n) is 4.54. The molecular formula is C14H16N6. The van der Waals surface area contributed by atoms with Crippen LogP contribution in [-0.4, -0.2) is 24.5 Å². The van der Waals surface area contributed by atoms with Gasteiger partial charge in [0.2, 0.25) is 0 Å². The molecule has 2 N–H and O–H groups in total. The van der Waals surface area contributed by atoms with Gasteiger partial charge >= 0.3 is 0 Å². The van der Waals surface area contributed by atoms with Crippen molar-refractivity contribution >= 4 is 5.69 Å².